The number of halogens is 3. The first-order chi connectivity index (χ1) is 16.7. The third-order valence-corrected chi connectivity index (χ3v) is 5.77. The molecule has 0 saturated carbocycles. The lowest BCUT2D eigenvalue weighted by atomic mass is 10.1. The van der Waals surface area contributed by atoms with Crippen molar-refractivity contribution in [2.24, 2.45) is 0 Å². The summed E-state index contributed by atoms with van der Waals surface area (Å²) in [6.07, 6.45) is -1.26. The van der Waals surface area contributed by atoms with Gasteiger partial charge in [-0.2, -0.15) is 13.2 Å². The quantitative estimate of drug-likeness (QED) is 0.412. The van der Waals surface area contributed by atoms with Gasteiger partial charge in [-0.1, -0.05) is 37.3 Å². The topological polar surface area (TPSA) is 68.4 Å². The van der Waals surface area contributed by atoms with E-state index in [4.69, 9.17) is 0 Å². The molecule has 3 rings (SSSR count). The molecule has 0 spiro atoms. The molecule has 3 amide bonds. The van der Waals surface area contributed by atoms with Gasteiger partial charge >= 0.3 is 12.2 Å². The highest BCUT2D eigenvalue weighted by Crippen LogP contribution is 2.29. The number of hydrogen-bond donors (Lipinski definition) is 2. The SMILES string of the molecule is CCCN(CC(=O)N(CCc1c[nH]c2ccccc12)Cc1ccc(C(F)(F)F)cc1)C(=O)NCC. The lowest BCUT2D eigenvalue weighted by molar-refractivity contribution is -0.137. The van der Waals surface area contributed by atoms with Gasteiger partial charge in [0.1, 0.15) is 6.54 Å². The van der Waals surface area contributed by atoms with Crippen LogP contribution in [0, 0.1) is 0 Å². The fraction of sp³-hybridized carbons (Fsp3) is 0.385. The molecular weight excluding hydrogens is 457 g/mol. The number of H-pyrrole nitrogens is 1. The van der Waals surface area contributed by atoms with Gasteiger partial charge in [0, 0.05) is 43.3 Å². The minimum atomic E-state index is -4.42. The number of para-hydroxylation sites is 1. The molecule has 2 aromatic carbocycles. The standard InChI is InChI=1S/C26H31F3N4O2/c1-3-14-33(25(35)30-4-2)18-24(34)32(17-19-9-11-21(12-10-19)26(27,28)29)15-13-20-16-31-23-8-6-5-7-22(20)23/h5-12,16,31H,3-4,13-15,17-18H2,1-2H3,(H,30,35). The van der Waals surface area contributed by atoms with Crippen molar-refractivity contribution in [2.45, 2.75) is 39.4 Å². The van der Waals surface area contributed by atoms with Gasteiger partial charge in [-0.05, 0) is 49.1 Å². The van der Waals surface area contributed by atoms with Gasteiger partial charge in [-0.3, -0.25) is 4.79 Å². The summed E-state index contributed by atoms with van der Waals surface area (Å²) in [5.74, 6) is -0.260. The molecule has 3 aromatic rings. The Morgan fingerprint density at radius 2 is 1.69 bits per heavy atom. The zero-order valence-electron chi connectivity index (χ0n) is 20.0. The number of aromatic amines is 1. The van der Waals surface area contributed by atoms with E-state index in [0.717, 1.165) is 28.6 Å². The summed E-state index contributed by atoms with van der Waals surface area (Å²) in [7, 11) is 0. The van der Waals surface area contributed by atoms with Crippen molar-refractivity contribution in [1.82, 2.24) is 20.1 Å². The maximum absolute atomic E-state index is 13.3. The molecule has 188 valence electrons. The molecule has 0 radical (unpaired) electrons. The Balaban J connectivity index is 1.79. The van der Waals surface area contributed by atoms with Crippen LogP contribution >= 0.6 is 0 Å². The Hall–Kier alpha value is -3.49. The molecule has 6 nitrogen and oxygen atoms in total. The predicted molar refractivity (Wildman–Crippen MR) is 130 cm³/mol. The van der Waals surface area contributed by atoms with Crippen LogP contribution in [-0.2, 0) is 23.9 Å². The van der Waals surface area contributed by atoms with Crippen molar-refractivity contribution >= 4 is 22.8 Å². The van der Waals surface area contributed by atoms with Crippen LogP contribution in [0.1, 0.15) is 37.0 Å². The molecule has 0 unspecified atom stereocenters. The largest absolute Gasteiger partial charge is 0.416 e. The second-order valence-electron chi connectivity index (χ2n) is 8.38. The van der Waals surface area contributed by atoms with Gasteiger partial charge in [-0.15, -0.1) is 0 Å². The van der Waals surface area contributed by atoms with Gasteiger partial charge in [0.05, 0.1) is 5.56 Å². The molecular formula is C26H31F3N4O2. The lowest BCUT2D eigenvalue weighted by Crippen LogP contribution is -2.47. The first kappa shape index (κ1) is 26.1. The average molecular weight is 489 g/mol. The van der Waals surface area contributed by atoms with Crippen LogP contribution in [0.25, 0.3) is 10.9 Å². The molecule has 0 aliphatic carbocycles. The molecule has 0 atom stereocenters. The summed E-state index contributed by atoms with van der Waals surface area (Å²) in [4.78, 5) is 32.0. The van der Waals surface area contributed by atoms with Gasteiger partial charge in [0.15, 0.2) is 0 Å². The van der Waals surface area contributed by atoms with Gasteiger partial charge in [0.25, 0.3) is 0 Å². The molecule has 0 aliphatic heterocycles. The predicted octanol–water partition coefficient (Wildman–Crippen LogP) is 5.20. The van der Waals surface area contributed by atoms with Crippen molar-refractivity contribution in [3.05, 3.63) is 71.4 Å². The van der Waals surface area contributed by atoms with Crippen molar-refractivity contribution in [3.8, 4) is 0 Å². The first-order valence-electron chi connectivity index (χ1n) is 11.7. The minimum absolute atomic E-state index is 0.103. The fourth-order valence-corrected chi connectivity index (χ4v) is 3.95. The Bertz CT molecular complexity index is 1130. The molecule has 0 bridgehead atoms. The highest BCUT2D eigenvalue weighted by Gasteiger charge is 2.30. The number of benzene rings is 2. The third kappa shape index (κ3) is 7.00. The zero-order chi connectivity index (χ0) is 25.4. The van der Waals surface area contributed by atoms with E-state index in [1.165, 1.54) is 17.0 Å². The Morgan fingerprint density at radius 3 is 2.34 bits per heavy atom. The summed E-state index contributed by atoms with van der Waals surface area (Å²) < 4.78 is 38.9. The highest BCUT2D eigenvalue weighted by atomic mass is 19.4. The number of amides is 3. The average Bonchev–Trinajstić information content (AvgIpc) is 3.24. The molecule has 1 aromatic heterocycles. The van der Waals surface area contributed by atoms with E-state index < -0.39 is 11.7 Å². The van der Waals surface area contributed by atoms with Crippen molar-refractivity contribution in [3.63, 3.8) is 0 Å². The molecule has 0 fully saturated rings. The van der Waals surface area contributed by atoms with E-state index in [9.17, 15) is 22.8 Å². The van der Waals surface area contributed by atoms with Gasteiger partial charge in [0.2, 0.25) is 5.91 Å². The van der Waals surface area contributed by atoms with Crippen molar-refractivity contribution in [2.75, 3.05) is 26.2 Å². The van der Waals surface area contributed by atoms with Crippen LogP contribution in [0.2, 0.25) is 0 Å². The summed E-state index contributed by atoms with van der Waals surface area (Å²) >= 11 is 0. The number of nitrogens with one attached hydrogen (secondary N) is 2. The second-order valence-corrected chi connectivity index (χ2v) is 8.38. The van der Waals surface area contributed by atoms with Crippen LogP contribution in [0.5, 0.6) is 0 Å². The van der Waals surface area contributed by atoms with Gasteiger partial charge in [-0.25, -0.2) is 4.79 Å². The number of aromatic nitrogens is 1. The van der Waals surface area contributed by atoms with Crippen LogP contribution < -0.4 is 5.32 Å². The third-order valence-electron chi connectivity index (χ3n) is 5.77. The zero-order valence-corrected chi connectivity index (χ0v) is 20.0. The maximum atomic E-state index is 13.3. The van der Waals surface area contributed by atoms with Gasteiger partial charge < -0.3 is 20.1 Å². The van der Waals surface area contributed by atoms with E-state index in [1.807, 2.05) is 44.3 Å². The lowest BCUT2D eigenvalue weighted by Gasteiger charge is -2.28. The molecule has 0 aliphatic rings. The second kappa shape index (κ2) is 11.8. The van der Waals surface area contributed by atoms with Crippen molar-refractivity contribution < 1.29 is 22.8 Å². The molecule has 1 heterocycles. The van der Waals surface area contributed by atoms with E-state index >= 15 is 0 Å². The minimum Gasteiger partial charge on any atom is -0.361 e. The highest BCUT2D eigenvalue weighted by molar-refractivity contribution is 5.85. The summed E-state index contributed by atoms with van der Waals surface area (Å²) in [5, 5.41) is 3.78. The summed E-state index contributed by atoms with van der Waals surface area (Å²) in [5.41, 5.74) is 1.89. The van der Waals surface area contributed by atoms with Crippen molar-refractivity contribution in [1.29, 1.82) is 0 Å². The molecule has 35 heavy (non-hydrogen) atoms. The number of nitrogens with zero attached hydrogens (tertiary/aromatic N) is 2. The van der Waals surface area contributed by atoms with Crippen LogP contribution in [0.15, 0.2) is 54.7 Å². The Labute approximate surface area is 203 Å². The first-order valence-corrected chi connectivity index (χ1v) is 11.7. The fourth-order valence-electron chi connectivity index (χ4n) is 3.95. The number of hydrogen-bond acceptors (Lipinski definition) is 2. The summed E-state index contributed by atoms with van der Waals surface area (Å²) in [6, 6.07) is 12.4. The monoisotopic (exact) mass is 488 g/mol. The number of carbonyl (C=O) groups is 2. The molecule has 2 N–H and O–H groups in total. The normalized spacial score (nSPS) is 11.5. The molecule has 9 heteroatoms. The van der Waals surface area contributed by atoms with Crippen LogP contribution in [-0.4, -0.2) is 52.9 Å². The van der Waals surface area contributed by atoms with E-state index in [0.29, 0.717) is 38.0 Å². The van der Waals surface area contributed by atoms with Crippen LogP contribution in [0.4, 0.5) is 18.0 Å². The number of carbonyl (C=O) groups excluding carboxylic acids is 2. The summed E-state index contributed by atoms with van der Waals surface area (Å²) in [6.45, 7) is 5.01. The Morgan fingerprint density at radius 1 is 0.971 bits per heavy atom. The molecule has 0 saturated heterocycles. The van der Waals surface area contributed by atoms with E-state index in [2.05, 4.69) is 10.3 Å². The van der Waals surface area contributed by atoms with E-state index in [-0.39, 0.29) is 25.0 Å². The van der Waals surface area contributed by atoms with Crippen LogP contribution in [0.3, 0.4) is 0 Å². The number of rotatable bonds is 10. The van der Waals surface area contributed by atoms with E-state index in [1.54, 1.807) is 4.90 Å². The Kier molecular flexibility index (Phi) is 8.78. The number of fused-ring (bicyclic) bond motifs is 1. The smallest absolute Gasteiger partial charge is 0.361 e. The maximum Gasteiger partial charge on any atom is 0.416 e. The number of urea groups is 1. The number of alkyl halides is 3.